The van der Waals surface area contributed by atoms with E-state index in [1.807, 2.05) is 0 Å². The predicted octanol–water partition coefficient (Wildman–Crippen LogP) is 0.448. The van der Waals surface area contributed by atoms with Crippen LogP contribution in [0.2, 0.25) is 13.6 Å². The van der Waals surface area contributed by atoms with Crippen molar-refractivity contribution in [3.8, 4) is 0 Å². The standard InChI is InChI=1S/C9H18B2N2/c1-6-7(2)13(11(5)12)8(3)9(6)10-4/h11H,12H2,1-5H3/q-1. The molecule has 0 fully saturated rings. The zero-order valence-electron chi connectivity index (χ0n) is 9.31. The molecule has 13 heavy (non-hydrogen) atoms. The van der Waals surface area contributed by atoms with Gasteiger partial charge in [0.25, 0.3) is 0 Å². The van der Waals surface area contributed by atoms with Crippen LogP contribution in [0.1, 0.15) is 17.0 Å². The van der Waals surface area contributed by atoms with Crippen molar-refractivity contribution in [3.05, 3.63) is 17.0 Å². The van der Waals surface area contributed by atoms with Crippen LogP contribution in [0.25, 0.3) is 0 Å². The largest absolute Gasteiger partial charge is 0.514 e. The average molecular weight is 176 g/mol. The molecule has 1 aromatic heterocycles. The fourth-order valence-corrected chi connectivity index (χ4v) is 2.24. The third-order valence-corrected chi connectivity index (χ3v) is 2.93. The van der Waals surface area contributed by atoms with Gasteiger partial charge < -0.3 is 10.1 Å². The van der Waals surface area contributed by atoms with Gasteiger partial charge in [-0.3, -0.25) is 0 Å². The Hall–Kier alpha value is -0.630. The van der Waals surface area contributed by atoms with E-state index in [-0.39, 0.29) is 0 Å². The summed E-state index contributed by atoms with van der Waals surface area (Å²) in [5.41, 5.74) is 11.3. The molecule has 1 unspecified atom stereocenters. The van der Waals surface area contributed by atoms with E-state index in [1.165, 1.54) is 22.4 Å². The highest BCUT2D eigenvalue weighted by Gasteiger charge is 2.10. The molecule has 1 aromatic rings. The van der Waals surface area contributed by atoms with Crippen LogP contribution in [0.3, 0.4) is 0 Å². The third kappa shape index (κ3) is 1.55. The van der Waals surface area contributed by atoms with Gasteiger partial charge in [-0.25, -0.2) is 0 Å². The molecule has 2 N–H and O–H groups in total. The fraction of sp³-hybridized carbons (Fsp3) is 0.556. The van der Waals surface area contributed by atoms with Crippen molar-refractivity contribution < 1.29 is 0 Å². The van der Waals surface area contributed by atoms with E-state index in [4.69, 9.17) is 5.64 Å². The first-order valence-corrected chi connectivity index (χ1v) is 4.99. The Balaban J connectivity index is 3.36. The van der Waals surface area contributed by atoms with Crippen molar-refractivity contribution in [2.75, 3.05) is 0 Å². The van der Waals surface area contributed by atoms with Gasteiger partial charge in [0, 0.05) is 0 Å². The highest BCUT2D eigenvalue weighted by atomic mass is 15.0. The minimum Gasteiger partial charge on any atom is -0.514 e. The molecule has 0 bridgehead atoms. The Morgan fingerprint density at radius 1 is 1.23 bits per heavy atom. The summed E-state index contributed by atoms with van der Waals surface area (Å²) >= 11 is 0. The SMILES string of the molecule is C[B]c1c(C)c(C)n([BH-](C)N)c1C. The molecule has 0 aromatic carbocycles. The first-order chi connectivity index (χ1) is 6.00. The zero-order chi connectivity index (χ0) is 10.2. The van der Waals surface area contributed by atoms with Crippen molar-refractivity contribution in [2.45, 2.75) is 34.4 Å². The maximum absolute atomic E-state index is 5.98. The van der Waals surface area contributed by atoms with E-state index in [2.05, 4.69) is 46.2 Å². The van der Waals surface area contributed by atoms with Crippen LogP contribution >= 0.6 is 0 Å². The second-order valence-electron chi connectivity index (χ2n) is 3.83. The Kier molecular flexibility index (Phi) is 2.91. The molecule has 1 heterocycles. The van der Waals surface area contributed by atoms with Crippen molar-refractivity contribution in [1.29, 1.82) is 0 Å². The minimum atomic E-state index is -0.714. The van der Waals surface area contributed by atoms with Crippen LogP contribution in [-0.2, 0) is 0 Å². The van der Waals surface area contributed by atoms with Crippen molar-refractivity contribution in [2.24, 2.45) is 5.64 Å². The first kappa shape index (κ1) is 10.5. The van der Waals surface area contributed by atoms with E-state index in [9.17, 15) is 0 Å². The summed E-state index contributed by atoms with van der Waals surface area (Å²) in [6, 6.07) is 0. The molecule has 0 aliphatic carbocycles. The second-order valence-corrected chi connectivity index (χ2v) is 3.83. The van der Waals surface area contributed by atoms with Crippen molar-refractivity contribution in [3.63, 3.8) is 0 Å². The van der Waals surface area contributed by atoms with E-state index in [0.29, 0.717) is 0 Å². The van der Waals surface area contributed by atoms with Gasteiger partial charge in [-0.15, -0.1) is 0 Å². The summed E-state index contributed by atoms with van der Waals surface area (Å²) in [5, 5.41) is 0. The molecule has 1 rings (SSSR count). The molecule has 0 aliphatic rings. The normalized spacial score (nSPS) is 13.1. The minimum absolute atomic E-state index is 0.714. The molecule has 0 amide bonds. The highest BCUT2D eigenvalue weighted by molar-refractivity contribution is 6.56. The Morgan fingerprint density at radius 2 is 1.77 bits per heavy atom. The molecule has 4 heteroatoms. The molecule has 0 spiro atoms. The lowest BCUT2D eigenvalue weighted by Crippen LogP contribution is -2.34. The summed E-state index contributed by atoms with van der Waals surface area (Å²) in [7, 11) is 2.16. The average Bonchev–Trinajstić information content (AvgIpc) is 2.24. The molecule has 1 atom stereocenters. The van der Waals surface area contributed by atoms with Gasteiger partial charge in [-0.1, -0.05) is 12.3 Å². The molecule has 71 valence electrons. The van der Waals surface area contributed by atoms with Gasteiger partial charge in [-0.2, -0.15) is 6.82 Å². The summed E-state index contributed by atoms with van der Waals surface area (Å²) in [5.74, 6) is 0. The summed E-state index contributed by atoms with van der Waals surface area (Å²) in [4.78, 5) is 0. The van der Waals surface area contributed by atoms with E-state index in [1.54, 1.807) is 0 Å². The lowest BCUT2D eigenvalue weighted by atomic mass is 9.71. The second kappa shape index (κ2) is 3.62. The fourth-order valence-electron chi connectivity index (χ4n) is 2.24. The topological polar surface area (TPSA) is 30.9 Å². The highest BCUT2D eigenvalue weighted by Crippen LogP contribution is 2.10. The van der Waals surface area contributed by atoms with E-state index >= 15 is 0 Å². The lowest BCUT2D eigenvalue weighted by molar-refractivity contribution is 1.04. The van der Waals surface area contributed by atoms with Crippen LogP contribution in [0.4, 0.5) is 0 Å². The summed E-state index contributed by atoms with van der Waals surface area (Å²) in [6.45, 7) is 9.91. The first-order valence-electron chi connectivity index (χ1n) is 4.99. The number of rotatable bonds is 2. The number of nitrogens with two attached hydrogens (primary N) is 1. The van der Waals surface area contributed by atoms with Gasteiger partial charge in [0.2, 0.25) is 0 Å². The zero-order valence-corrected chi connectivity index (χ0v) is 9.31. The van der Waals surface area contributed by atoms with E-state index in [0.717, 1.165) is 0 Å². The van der Waals surface area contributed by atoms with Crippen LogP contribution in [0, 0.1) is 20.8 Å². The maximum Gasteiger partial charge on any atom is 0.150 e. The number of hydrogen-bond acceptors (Lipinski definition) is 1. The molecular weight excluding hydrogens is 158 g/mol. The van der Waals surface area contributed by atoms with Crippen molar-refractivity contribution in [1.82, 2.24) is 4.48 Å². The number of nitrogens with zero attached hydrogens (tertiary/aromatic N) is 1. The quantitative estimate of drug-likeness (QED) is 0.651. The number of aromatic nitrogens is 1. The monoisotopic (exact) mass is 176 g/mol. The molecule has 1 radical (unpaired) electrons. The lowest BCUT2D eigenvalue weighted by Gasteiger charge is -2.21. The molecule has 0 aliphatic heterocycles. The molecular formula is C9H18B2N2-. The molecule has 2 nitrogen and oxygen atoms in total. The van der Waals surface area contributed by atoms with Crippen molar-refractivity contribution >= 4 is 19.7 Å². The molecule has 0 saturated carbocycles. The van der Waals surface area contributed by atoms with Gasteiger partial charge in [0.1, 0.15) is 6.98 Å². The van der Waals surface area contributed by atoms with Gasteiger partial charge in [-0.05, 0) is 37.7 Å². The van der Waals surface area contributed by atoms with Gasteiger partial charge in [0.15, 0.2) is 7.28 Å². The smallest absolute Gasteiger partial charge is 0.150 e. The van der Waals surface area contributed by atoms with Gasteiger partial charge in [0.05, 0.1) is 0 Å². The third-order valence-electron chi connectivity index (χ3n) is 2.93. The number of hydrogen-bond donors (Lipinski definition) is 1. The van der Waals surface area contributed by atoms with Crippen LogP contribution in [-0.4, -0.2) is 18.7 Å². The Bertz CT molecular complexity index is 316. The summed E-state index contributed by atoms with van der Waals surface area (Å²) < 4.78 is 2.27. The van der Waals surface area contributed by atoms with Crippen LogP contribution in [0.15, 0.2) is 0 Å². The maximum atomic E-state index is 5.98. The van der Waals surface area contributed by atoms with Gasteiger partial charge >= 0.3 is 0 Å². The predicted molar refractivity (Wildman–Crippen MR) is 62.5 cm³/mol. The van der Waals surface area contributed by atoms with Crippen LogP contribution < -0.4 is 11.1 Å². The Labute approximate surface area is 81.9 Å². The van der Waals surface area contributed by atoms with E-state index < -0.39 is 6.98 Å². The van der Waals surface area contributed by atoms with Crippen LogP contribution in [0.5, 0.6) is 0 Å². The Morgan fingerprint density at radius 3 is 2.00 bits per heavy atom. The summed E-state index contributed by atoms with van der Waals surface area (Å²) in [6.07, 6.45) is 0. The molecule has 0 saturated heterocycles.